The van der Waals surface area contributed by atoms with Gasteiger partial charge < -0.3 is 0 Å². The molecule has 1 atom stereocenters. The first-order chi connectivity index (χ1) is 12.2. The molecule has 0 aliphatic rings. The Morgan fingerprint density at radius 1 is 0.731 bits per heavy atom. The van der Waals surface area contributed by atoms with Gasteiger partial charge in [0.25, 0.3) is 0 Å². The second-order valence-corrected chi connectivity index (χ2v) is 8.89. The second kappa shape index (κ2) is 9.98. The van der Waals surface area contributed by atoms with Crippen molar-refractivity contribution in [1.29, 1.82) is 0 Å². The van der Waals surface area contributed by atoms with E-state index in [-0.39, 0.29) is 16.3 Å². The van der Waals surface area contributed by atoms with Gasteiger partial charge in [-0.3, -0.25) is 0 Å². The zero-order valence-electron chi connectivity index (χ0n) is 15.3. The van der Waals surface area contributed by atoms with Crippen LogP contribution in [0.2, 0.25) is 0 Å². The van der Waals surface area contributed by atoms with Gasteiger partial charge in [-0.15, -0.1) is 5.73 Å². The van der Waals surface area contributed by atoms with Crippen LogP contribution in [0.1, 0.15) is 19.4 Å². The molecule has 0 nitrogen and oxygen atoms in total. The van der Waals surface area contributed by atoms with Crippen LogP contribution < -0.4 is 5.30 Å². The summed E-state index contributed by atoms with van der Waals surface area (Å²) in [5.74, 6) is 2.25. The monoisotopic (exact) mass is 353 g/mol. The maximum atomic E-state index is 3.41. The lowest BCUT2D eigenvalue weighted by Gasteiger charge is -2.17. The lowest BCUT2D eigenvalue weighted by atomic mass is 10.1. The van der Waals surface area contributed by atoms with Gasteiger partial charge in [0.15, 0.2) is 0 Å². The van der Waals surface area contributed by atoms with Gasteiger partial charge in [-0.2, -0.15) is 0 Å². The van der Waals surface area contributed by atoms with Crippen LogP contribution in [0.3, 0.4) is 0 Å². The SMILES string of the molecule is CC(C)P(C=C=Cc1ccccc1)c1ccc(-c2ccccc2)cc1.[B]. The fourth-order valence-electron chi connectivity index (χ4n) is 2.74. The van der Waals surface area contributed by atoms with Gasteiger partial charge in [-0.1, -0.05) is 98.8 Å². The van der Waals surface area contributed by atoms with Crippen molar-refractivity contribution in [2.24, 2.45) is 0 Å². The molecule has 1 unspecified atom stereocenters. The maximum absolute atomic E-state index is 3.41. The maximum Gasteiger partial charge on any atom is 0 e. The average molecular weight is 353 g/mol. The Morgan fingerprint density at radius 3 is 1.85 bits per heavy atom. The highest BCUT2D eigenvalue weighted by molar-refractivity contribution is 7.69. The molecule has 0 fully saturated rings. The highest BCUT2D eigenvalue weighted by atomic mass is 31.1. The lowest BCUT2D eigenvalue weighted by Crippen LogP contribution is -2.05. The number of hydrogen-bond donors (Lipinski definition) is 0. The minimum atomic E-state index is -0.360. The largest absolute Gasteiger partial charge is 0.119 e. The van der Waals surface area contributed by atoms with Crippen LogP contribution in [0.25, 0.3) is 17.2 Å². The smallest absolute Gasteiger partial charge is 0 e. The first-order valence-electron chi connectivity index (χ1n) is 8.65. The molecule has 26 heavy (non-hydrogen) atoms. The van der Waals surface area contributed by atoms with Crippen molar-refractivity contribution in [2.75, 3.05) is 0 Å². The molecule has 2 heteroatoms. The third-order valence-corrected chi connectivity index (χ3v) is 6.53. The number of hydrogen-bond acceptors (Lipinski definition) is 0. The van der Waals surface area contributed by atoms with Gasteiger partial charge in [-0.05, 0) is 47.5 Å². The van der Waals surface area contributed by atoms with E-state index in [1.54, 1.807) is 0 Å². The van der Waals surface area contributed by atoms with Crippen LogP contribution >= 0.6 is 7.92 Å². The lowest BCUT2D eigenvalue weighted by molar-refractivity contribution is 1.10. The summed E-state index contributed by atoms with van der Waals surface area (Å²) in [5, 5.41) is 1.40. The summed E-state index contributed by atoms with van der Waals surface area (Å²) in [7, 11) is -0.360. The highest BCUT2D eigenvalue weighted by Crippen LogP contribution is 2.41. The van der Waals surface area contributed by atoms with Gasteiger partial charge in [0.1, 0.15) is 0 Å². The zero-order chi connectivity index (χ0) is 17.5. The first kappa shape index (κ1) is 20.0. The van der Waals surface area contributed by atoms with Gasteiger partial charge in [0.05, 0.1) is 0 Å². The Hall–Kier alpha value is -2.33. The molecule has 0 aromatic heterocycles. The predicted molar refractivity (Wildman–Crippen MR) is 118 cm³/mol. The summed E-state index contributed by atoms with van der Waals surface area (Å²) in [6.45, 7) is 4.58. The van der Waals surface area contributed by atoms with Crippen LogP contribution in [0.4, 0.5) is 0 Å². The Labute approximate surface area is 160 Å². The van der Waals surface area contributed by atoms with E-state index in [9.17, 15) is 0 Å². The summed E-state index contributed by atoms with van der Waals surface area (Å²) >= 11 is 0. The third-order valence-electron chi connectivity index (χ3n) is 4.09. The minimum absolute atomic E-state index is 0. The Bertz CT molecular complexity index is 846. The quantitative estimate of drug-likeness (QED) is 0.286. The number of rotatable bonds is 5. The second-order valence-electron chi connectivity index (χ2n) is 6.26. The zero-order valence-corrected chi connectivity index (χ0v) is 16.2. The molecule has 3 rings (SSSR count). The molecule has 127 valence electrons. The van der Waals surface area contributed by atoms with E-state index in [1.165, 1.54) is 22.0 Å². The van der Waals surface area contributed by atoms with Crippen molar-refractivity contribution in [1.82, 2.24) is 0 Å². The molecule has 0 saturated heterocycles. The molecule has 3 aromatic rings. The molecule has 0 N–H and O–H groups in total. The molecule has 0 heterocycles. The van der Waals surface area contributed by atoms with Crippen LogP contribution in [0.15, 0.2) is 96.5 Å². The van der Waals surface area contributed by atoms with E-state index in [1.807, 2.05) is 6.07 Å². The van der Waals surface area contributed by atoms with Gasteiger partial charge in [-0.25, -0.2) is 0 Å². The van der Waals surface area contributed by atoms with Crippen molar-refractivity contribution in [3.05, 3.63) is 102 Å². The Kier molecular flexibility index (Phi) is 7.67. The topological polar surface area (TPSA) is 0 Å². The molecule has 3 aromatic carbocycles. The molecule has 0 spiro atoms. The van der Waals surface area contributed by atoms with E-state index in [0.717, 1.165) is 0 Å². The summed E-state index contributed by atoms with van der Waals surface area (Å²) in [6.07, 6.45) is 2.07. The van der Waals surface area contributed by atoms with Crippen molar-refractivity contribution >= 4 is 27.7 Å². The summed E-state index contributed by atoms with van der Waals surface area (Å²) in [4.78, 5) is 0. The molecular formula is C24H23BP. The van der Waals surface area contributed by atoms with E-state index < -0.39 is 0 Å². The van der Waals surface area contributed by atoms with Crippen molar-refractivity contribution in [3.63, 3.8) is 0 Å². The molecule has 3 radical (unpaired) electrons. The van der Waals surface area contributed by atoms with Crippen LogP contribution in [0.5, 0.6) is 0 Å². The van der Waals surface area contributed by atoms with Crippen molar-refractivity contribution < 1.29 is 0 Å². The summed E-state index contributed by atoms with van der Waals surface area (Å²) < 4.78 is 0. The Morgan fingerprint density at radius 2 is 1.27 bits per heavy atom. The van der Waals surface area contributed by atoms with Crippen LogP contribution in [-0.4, -0.2) is 14.1 Å². The van der Waals surface area contributed by atoms with E-state index >= 15 is 0 Å². The van der Waals surface area contributed by atoms with Gasteiger partial charge in [0.2, 0.25) is 0 Å². The van der Waals surface area contributed by atoms with Crippen LogP contribution in [-0.2, 0) is 0 Å². The normalized spacial score (nSPS) is 11.2. The van der Waals surface area contributed by atoms with Crippen molar-refractivity contribution in [2.45, 2.75) is 19.5 Å². The summed E-state index contributed by atoms with van der Waals surface area (Å²) in [6, 6.07) is 29.9. The van der Waals surface area contributed by atoms with Crippen molar-refractivity contribution in [3.8, 4) is 11.1 Å². The average Bonchev–Trinajstić information content (AvgIpc) is 2.67. The third kappa shape index (κ3) is 5.33. The molecule has 0 aliphatic heterocycles. The standard InChI is InChI=1S/C24H23P.B/c1-20(2)25(19-9-12-21-10-5-3-6-11-21)24-17-15-23(16-18-24)22-13-7-4-8-14-22;/h3-8,10-20H,1-2H3;. The fourth-order valence-corrected chi connectivity index (χ4v) is 4.51. The minimum Gasteiger partial charge on any atom is -0.119 e. The summed E-state index contributed by atoms with van der Waals surface area (Å²) in [5.41, 5.74) is 7.73. The molecule has 0 aliphatic carbocycles. The molecule has 0 bridgehead atoms. The molecular weight excluding hydrogens is 330 g/mol. The first-order valence-corrected chi connectivity index (χ1v) is 10.1. The fraction of sp³-hybridized carbons (Fsp3) is 0.125. The van der Waals surface area contributed by atoms with Crippen LogP contribution in [0, 0.1) is 0 Å². The van der Waals surface area contributed by atoms with E-state index in [2.05, 4.69) is 110 Å². The van der Waals surface area contributed by atoms with Gasteiger partial charge in [0, 0.05) is 8.41 Å². The predicted octanol–water partition coefficient (Wildman–Crippen LogP) is 6.31. The molecule has 0 amide bonds. The highest BCUT2D eigenvalue weighted by Gasteiger charge is 2.12. The molecule has 0 saturated carbocycles. The van der Waals surface area contributed by atoms with Gasteiger partial charge >= 0.3 is 0 Å². The number of benzene rings is 3. The Balaban J connectivity index is 0.00000243. The van der Waals surface area contributed by atoms with E-state index in [0.29, 0.717) is 5.66 Å². The van der Waals surface area contributed by atoms with E-state index in [4.69, 9.17) is 0 Å².